The molecule has 0 bridgehead atoms. The van der Waals surface area contributed by atoms with Gasteiger partial charge in [0.05, 0.1) is 12.1 Å². The first kappa shape index (κ1) is 22.5. The summed E-state index contributed by atoms with van der Waals surface area (Å²) in [7, 11) is 0. The summed E-state index contributed by atoms with van der Waals surface area (Å²) in [6.07, 6.45) is -0.270. The van der Waals surface area contributed by atoms with Gasteiger partial charge in [0, 0.05) is 25.9 Å². The van der Waals surface area contributed by atoms with Crippen LogP contribution in [0.1, 0.15) is 41.7 Å². The Morgan fingerprint density at radius 2 is 2.03 bits per heavy atom. The Kier molecular flexibility index (Phi) is 6.77. The summed E-state index contributed by atoms with van der Waals surface area (Å²) in [4.78, 5) is 22.0. The molecule has 1 aromatic heterocycles. The predicted molar refractivity (Wildman–Crippen MR) is 115 cm³/mol. The number of nitrogens with two attached hydrogens (primary N) is 1. The Bertz CT molecular complexity index is 1050. The van der Waals surface area contributed by atoms with Crippen molar-refractivity contribution in [2.75, 3.05) is 18.0 Å². The summed E-state index contributed by atoms with van der Waals surface area (Å²) < 4.78 is 27.3. The van der Waals surface area contributed by atoms with E-state index in [-0.39, 0.29) is 48.0 Å². The van der Waals surface area contributed by atoms with Gasteiger partial charge in [-0.05, 0) is 17.5 Å². The Morgan fingerprint density at radius 3 is 2.55 bits per heavy atom. The van der Waals surface area contributed by atoms with E-state index in [0.717, 1.165) is 11.8 Å². The van der Waals surface area contributed by atoms with Crippen molar-refractivity contribution >= 4 is 29.2 Å². The van der Waals surface area contributed by atoms with Crippen molar-refractivity contribution < 1.29 is 13.6 Å². The number of aromatic nitrogens is 1. The first-order valence-electron chi connectivity index (χ1n) is 9.79. The molecule has 0 saturated carbocycles. The number of thioether (sulfide) groups is 1. The van der Waals surface area contributed by atoms with Gasteiger partial charge in [0.1, 0.15) is 22.2 Å². The average molecular weight is 442 g/mol. The van der Waals surface area contributed by atoms with E-state index in [1.54, 1.807) is 29.2 Å². The summed E-state index contributed by atoms with van der Waals surface area (Å²) in [5.41, 5.74) is 7.21. The molecule has 1 aliphatic heterocycles. The van der Waals surface area contributed by atoms with Crippen LogP contribution >= 0.6 is 11.8 Å². The van der Waals surface area contributed by atoms with Crippen LogP contribution in [0.15, 0.2) is 35.4 Å². The topological polar surface area (TPSA) is 87.4 Å². The molecule has 2 aromatic rings. The standard InChI is InChI=1S/C22H21F2N5OS/c1-3-15-16(13-25)21(31-18(19(26)30)14-7-5-4-6-8-14)28-20(17(15)27-2)29-11-9-22(23,24)10-12-29/h4-8,18H,3,9-12H2,1H3,(H2,26,30). The van der Waals surface area contributed by atoms with Gasteiger partial charge in [0.2, 0.25) is 11.6 Å². The molecule has 2 heterocycles. The highest BCUT2D eigenvalue weighted by atomic mass is 32.2. The number of carbonyl (C=O) groups is 1. The number of rotatable bonds is 6. The molecule has 31 heavy (non-hydrogen) atoms. The quantitative estimate of drug-likeness (QED) is 0.522. The maximum atomic E-state index is 13.7. The second-order valence-electron chi connectivity index (χ2n) is 7.17. The highest BCUT2D eigenvalue weighted by molar-refractivity contribution is 8.00. The van der Waals surface area contributed by atoms with Gasteiger partial charge in [-0.2, -0.15) is 5.26 Å². The fourth-order valence-electron chi connectivity index (χ4n) is 3.55. The van der Waals surface area contributed by atoms with Gasteiger partial charge in [0.25, 0.3) is 5.92 Å². The van der Waals surface area contributed by atoms with Crippen molar-refractivity contribution in [2.24, 2.45) is 5.73 Å². The van der Waals surface area contributed by atoms with Crippen molar-refractivity contribution in [3.63, 3.8) is 0 Å². The van der Waals surface area contributed by atoms with Crippen LogP contribution in [0.3, 0.4) is 0 Å². The SMILES string of the molecule is [C-]#[N+]c1c(N2CCC(F)(F)CC2)nc(SC(C(N)=O)c2ccccc2)c(C#N)c1CC. The van der Waals surface area contributed by atoms with Crippen LogP contribution in [0.25, 0.3) is 4.85 Å². The van der Waals surface area contributed by atoms with Gasteiger partial charge in [-0.3, -0.25) is 4.79 Å². The summed E-state index contributed by atoms with van der Waals surface area (Å²) in [6.45, 7) is 9.56. The molecule has 160 valence electrons. The van der Waals surface area contributed by atoms with E-state index in [0.29, 0.717) is 17.5 Å². The summed E-state index contributed by atoms with van der Waals surface area (Å²) in [6, 6.07) is 11.0. The first-order chi connectivity index (χ1) is 14.8. The maximum absolute atomic E-state index is 13.7. The lowest BCUT2D eigenvalue weighted by Gasteiger charge is -2.34. The number of alkyl halides is 2. The normalized spacial score (nSPS) is 16.2. The predicted octanol–water partition coefficient (Wildman–Crippen LogP) is 4.62. The molecular weight excluding hydrogens is 420 g/mol. The van der Waals surface area contributed by atoms with Gasteiger partial charge in [-0.1, -0.05) is 49.0 Å². The third-order valence-electron chi connectivity index (χ3n) is 5.18. The van der Waals surface area contributed by atoms with Crippen LogP contribution < -0.4 is 10.6 Å². The Hall–Kier alpha value is -3.17. The molecule has 2 N–H and O–H groups in total. The number of hydrogen-bond donors (Lipinski definition) is 1. The number of nitrogens with zero attached hydrogens (tertiary/aromatic N) is 4. The minimum Gasteiger partial charge on any atom is -0.368 e. The van der Waals surface area contributed by atoms with Gasteiger partial charge < -0.3 is 10.6 Å². The Balaban J connectivity index is 2.10. The summed E-state index contributed by atoms with van der Waals surface area (Å²) >= 11 is 1.04. The number of halogens is 2. The molecule has 3 rings (SSSR count). The highest BCUT2D eigenvalue weighted by Crippen LogP contribution is 2.43. The average Bonchev–Trinajstić information content (AvgIpc) is 2.76. The number of carbonyl (C=O) groups excluding carboxylic acids is 1. The number of anilines is 1. The molecule has 1 saturated heterocycles. The molecule has 9 heteroatoms. The van der Waals surface area contributed by atoms with E-state index >= 15 is 0 Å². The lowest BCUT2D eigenvalue weighted by molar-refractivity contribution is -0.117. The molecule has 0 aliphatic carbocycles. The second kappa shape index (κ2) is 9.32. The number of primary amides is 1. The number of amides is 1. The fourth-order valence-corrected chi connectivity index (χ4v) is 4.60. The van der Waals surface area contributed by atoms with Crippen LogP contribution in [-0.2, 0) is 11.2 Å². The molecule has 0 spiro atoms. The number of piperidine rings is 1. The highest BCUT2D eigenvalue weighted by Gasteiger charge is 2.36. The zero-order chi connectivity index (χ0) is 22.6. The Morgan fingerprint density at radius 1 is 1.39 bits per heavy atom. The minimum atomic E-state index is -2.74. The second-order valence-corrected chi connectivity index (χ2v) is 8.27. The third kappa shape index (κ3) is 4.78. The van der Waals surface area contributed by atoms with Gasteiger partial charge in [-0.25, -0.2) is 18.6 Å². The molecular formula is C22H21F2N5OS. The van der Waals surface area contributed by atoms with Crippen molar-refractivity contribution in [1.29, 1.82) is 5.26 Å². The van der Waals surface area contributed by atoms with Crippen molar-refractivity contribution in [3.05, 3.63) is 58.4 Å². The zero-order valence-electron chi connectivity index (χ0n) is 16.9. The van der Waals surface area contributed by atoms with E-state index in [9.17, 15) is 18.8 Å². The lowest BCUT2D eigenvalue weighted by atomic mass is 10.0. The van der Waals surface area contributed by atoms with Crippen molar-refractivity contribution in [1.82, 2.24) is 4.98 Å². The molecule has 1 amide bonds. The van der Waals surface area contributed by atoms with E-state index in [4.69, 9.17) is 12.3 Å². The minimum absolute atomic E-state index is 0.0552. The van der Waals surface area contributed by atoms with E-state index in [1.165, 1.54) is 0 Å². The molecule has 1 fully saturated rings. The van der Waals surface area contributed by atoms with E-state index in [1.807, 2.05) is 13.0 Å². The van der Waals surface area contributed by atoms with Crippen LogP contribution in [0.2, 0.25) is 0 Å². The zero-order valence-corrected chi connectivity index (χ0v) is 17.8. The van der Waals surface area contributed by atoms with E-state index in [2.05, 4.69) is 15.9 Å². The van der Waals surface area contributed by atoms with Crippen molar-refractivity contribution in [3.8, 4) is 6.07 Å². The fraction of sp³-hybridized carbons (Fsp3) is 0.364. The van der Waals surface area contributed by atoms with Crippen molar-refractivity contribution in [2.45, 2.75) is 42.4 Å². The number of benzene rings is 1. The molecule has 1 atom stereocenters. The van der Waals surface area contributed by atoms with Crippen LogP contribution in [0.4, 0.5) is 20.3 Å². The first-order valence-corrected chi connectivity index (χ1v) is 10.7. The Labute approximate surface area is 183 Å². The molecule has 1 aromatic carbocycles. The number of nitriles is 1. The monoisotopic (exact) mass is 441 g/mol. The van der Waals surface area contributed by atoms with Gasteiger partial charge in [0.15, 0.2) is 0 Å². The maximum Gasteiger partial charge on any atom is 0.251 e. The van der Waals surface area contributed by atoms with Gasteiger partial charge >= 0.3 is 0 Å². The van der Waals surface area contributed by atoms with Gasteiger partial charge in [-0.15, -0.1) is 0 Å². The summed E-state index contributed by atoms with van der Waals surface area (Å²) in [5.74, 6) is -3.05. The largest absolute Gasteiger partial charge is 0.368 e. The smallest absolute Gasteiger partial charge is 0.251 e. The number of pyridine rings is 1. The molecule has 0 radical (unpaired) electrons. The molecule has 1 unspecified atom stereocenters. The van der Waals surface area contributed by atoms with Crippen LogP contribution in [0.5, 0.6) is 0 Å². The summed E-state index contributed by atoms with van der Waals surface area (Å²) in [5, 5.41) is 9.29. The van der Waals surface area contributed by atoms with E-state index < -0.39 is 17.1 Å². The van der Waals surface area contributed by atoms with Crippen LogP contribution in [0, 0.1) is 17.9 Å². The third-order valence-corrected chi connectivity index (χ3v) is 6.44. The molecule has 6 nitrogen and oxygen atoms in total. The van der Waals surface area contributed by atoms with Crippen LogP contribution in [-0.4, -0.2) is 29.9 Å². The lowest BCUT2D eigenvalue weighted by Crippen LogP contribution is -2.40. The number of hydrogen-bond acceptors (Lipinski definition) is 5. The molecule has 1 aliphatic rings.